The van der Waals surface area contributed by atoms with Crippen LogP contribution in [0.15, 0.2) is 77.3 Å². The number of methoxy groups -OCH3 is 1. The number of rotatable bonds is 4. The Morgan fingerprint density at radius 3 is 2.66 bits per heavy atom. The summed E-state index contributed by atoms with van der Waals surface area (Å²) in [6.45, 7) is 0. The number of benzene rings is 4. The molecule has 5 rings (SSSR count). The molecule has 0 saturated heterocycles. The third-order valence-corrected chi connectivity index (χ3v) is 6.38. The molecule has 7 heteroatoms. The lowest BCUT2D eigenvalue weighted by atomic mass is 10.0. The zero-order valence-electron chi connectivity index (χ0n) is 16.9. The van der Waals surface area contributed by atoms with Gasteiger partial charge in [0, 0.05) is 5.56 Å². The van der Waals surface area contributed by atoms with Crippen molar-refractivity contribution in [3.05, 3.63) is 87.9 Å². The molecule has 0 spiro atoms. The van der Waals surface area contributed by atoms with Gasteiger partial charge < -0.3 is 15.0 Å². The fraction of sp³-hybridized carbons (Fsp3) is 0.0400. The molecular formula is C25H17BrClN3O2. The number of H-pyrrole nitrogens is 1. The Morgan fingerprint density at radius 1 is 1.06 bits per heavy atom. The van der Waals surface area contributed by atoms with Crippen LogP contribution in [0.3, 0.4) is 0 Å². The third kappa shape index (κ3) is 3.61. The highest BCUT2D eigenvalue weighted by atomic mass is 79.9. The van der Waals surface area contributed by atoms with Crippen LogP contribution in [0.5, 0.6) is 5.75 Å². The number of fused-ring (bicyclic) bond motifs is 2. The number of ether oxygens (including phenoxy) is 1. The summed E-state index contributed by atoms with van der Waals surface area (Å²) in [5.74, 6) is 0.840. The fourth-order valence-corrected chi connectivity index (χ4v) is 4.60. The number of anilines is 1. The lowest BCUT2D eigenvalue weighted by molar-refractivity contribution is 0.102. The number of aromatic nitrogens is 2. The van der Waals surface area contributed by atoms with Gasteiger partial charge in [-0.2, -0.15) is 0 Å². The maximum Gasteiger partial charge on any atom is 0.259 e. The standard InChI is InChI=1S/C25H17BrClN3O2/c1-32-23-17(12-14-6-2-3-7-16(14)22(23)26)25(31)30-21-13-15(10-11-18(21)27)24-28-19-8-4-5-9-20(19)29-24/h2-13H,1H3,(H,28,29)(H,30,31). The molecule has 158 valence electrons. The van der Waals surface area contributed by atoms with Crippen LogP contribution >= 0.6 is 27.5 Å². The van der Waals surface area contributed by atoms with Crippen LogP contribution in [-0.2, 0) is 0 Å². The third-order valence-electron chi connectivity index (χ3n) is 5.27. The van der Waals surface area contributed by atoms with E-state index >= 15 is 0 Å². The van der Waals surface area contributed by atoms with Crippen molar-refractivity contribution in [2.75, 3.05) is 12.4 Å². The van der Waals surface area contributed by atoms with Crippen LogP contribution < -0.4 is 10.1 Å². The molecule has 32 heavy (non-hydrogen) atoms. The lowest BCUT2D eigenvalue weighted by Crippen LogP contribution is -2.14. The lowest BCUT2D eigenvalue weighted by Gasteiger charge is -2.14. The van der Waals surface area contributed by atoms with Gasteiger partial charge in [0.15, 0.2) is 0 Å². The van der Waals surface area contributed by atoms with Gasteiger partial charge in [-0.15, -0.1) is 0 Å². The minimum Gasteiger partial charge on any atom is -0.495 e. The quantitative estimate of drug-likeness (QED) is 0.274. The van der Waals surface area contributed by atoms with Gasteiger partial charge in [-0.05, 0) is 63.1 Å². The number of imidazole rings is 1. The Kier molecular flexibility index (Phi) is 5.33. The summed E-state index contributed by atoms with van der Waals surface area (Å²) >= 11 is 9.98. The minimum atomic E-state index is -0.322. The molecule has 5 aromatic rings. The van der Waals surface area contributed by atoms with E-state index in [1.807, 2.05) is 60.7 Å². The van der Waals surface area contributed by atoms with Crippen LogP contribution in [0.2, 0.25) is 5.02 Å². The van der Waals surface area contributed by atoms with E-state index in [4.69, 9.17) is 16.3 Å². The van der Waals surface area contributed by atoms with Gasteiger partial charge in [0.25, 0.3) is 5.91 Å². The summed E-state index contributed by atoms with van der Waals surface area (Å²) in [6.07, 6.45) is 0. The van der Waals surface area contributed by atoms with Gasteiger partial charge in [0.05, 0.1) is 38.9 Å². The van der Waals surface area contributed by atoms with Crippen LogP contribution in [-0.4, -0.2) is 23.0 Å². The highest BCUT2D eigenvalue weighted by Crippen LogP contribution is 2.37. The van der Waals surface area contributed by atoms with Crippen molar-refractivity contribution < 1.29 is 9.53 Å². The Bertz CT molecular complexity index is 1460. The topological polar surface area (TPSA) is 67.0 Å². The van der Waals surface area contributed by atoms with Crippen LogP contribution in [0, 0.1) is 0 Å². The maximum absolute atomic E-state index is 13.2. The molecule has 1 heterocycles. The average molecular weight is 507 g/mol. The van der Waals surface area contributed by atoms with Gasteiger partial charge in [-0.3, -0.25) is 4.79 Å². The molecular weight excluding hydrogens is 490 g/mol. The first-order chi connectivity index (χ1) is 15.5. The summed E-state index contributed by atoms with van der Waals surface area (Å²) in [5, 5.41) is 5.24. The molecule has 0 unspecified atom stereocenters. The first kappa shape index (κ1) is 20.5. The fourth-order valence-electron chi connectivity index (χ4n) is 3.70. The largest absolute Gasteiger partial charge is 0.495 e. The number of carbonyl (C=O) groups excluding carboxylic acids is 1. The molecule has 5 nitrogen and oxygen atoms in total. The number of nitrogens with zero attached hydrogens (tertiary/aromatic N) is 1. The van der Waals surface area contributed by atoms with Crippen LogP contribution in [0.1, 0.15) is 10.4 Å². The molecule has 4 aromatic carbocycles. The monoisotopic (exact) mass is 505 g/mol. The molecule has 0 saturated carbocycles. The number of para-hydroxylation sites is 2. The Hall–Kier alpha value is -3.35. The number of carbonyl (C=O) groups is 1. The molecule has 0 aliphatic rings. The van der Waals surface area contributed by atoms with Crippen molar-refractivity contribution in [3.8, 4) is 17.1 Å². The van der Waals surface area contributed by atoms with Gasteiger partial charge in [-0.1, -0.05) is 48.0 Å². The Morgan fingerprint density at radius 2 is 1.84 bits per heavy atom. The second kappa shape index (κ2) is 8.30. The van der Waals surface area contributed by atoms with Crippen molar-refractivity contribution in [1.29, 1.82) is 0 Å². The van der Waals surface area contributed by atoms with E-state index in [-0.39, 0.29) is 5.91 Å². The highest BCUT2D eigenvalue weighted by molar-refractivity contribution is 9.10. The number of nitrogens with one attached hydrogen (secondary N) is 2. The maximum atomic E-state index is 13.2. The zero-order valence-corrected chi connectivity index (χ0v) is 19.3. The molecule has 0 atom stereocenters. The van der Waals surface area contributed by atoms with Gasteiger partial charge in [0.2, 0.25) is 0 Å². The predicted molar refractivity (Wildman–Crippen MR) is 133 cm³/mol. The van der Waals surface area contributed by atoms with Gasteiger partial charge >= 0.3 is 0 Å². The molecule has 2 N–H and O–H groups in total. The second-order valence-electron chi connectivity index (χ2n) is 7.24. The summed E-state index contributed by atoms with van der Waals surface area (Å²) in [6, 6.07) is 22.8. The van der Waals surface area contributed by atoms with Gasteiger partial charge in [-0.25, -0.2) is 4.98 Å². The number of halogens is 2. The van der Waals surface area contributed by atoms with E-state index in [2.05, 4.69) is 31.2 Å². The normalized spacial score (nSPS) is 11.1. The highest BCUT2D eigenvalue weighted by Gasteiger charge is 2.19. The molecule has 0 aliphatic heterocycles. The van der Waals surface area contributed by atoms with Crippen LogP contribution in [0.4, 0.5) is 5.69 Å². The zero-order chi connectivity index (χ0) is 22.2. The molecule has 1 aromatic heterocycles. The van der Waals surface area contributed by atoms with E-state index in [0.717, 1.165) is 31.8 Å². The van der Waals surface area contributed by atoms with E-state index < -0.39 is 0 Å². The summed E-state index contributed by atoms with van der Waals surface area (Å²) < 4.78 is 6.27. The van der Waals surface area contributed by atoms with Crippen molar-refractivity contribution in [1.82, 2.24) is 9.97 Å². The first-order valence-electron chi connectivity index (χ1n) is 9.86. The summed E-state index contributed by atoms with van der Waals surface area (Å²) in [7, 11) is 1.54. The van der Waals surface area contributed by atoms with E-state index in [9.17, 15) is 4.79 Å². The summed E-state index contributed by atoms with van der Waals surface area (Å²) in [5.41, 5.74) is 3.51. The molecule has 0 bridgehead atoms. The molecule has 0 radical (unpaired) electrons. The number of hydrogen-bond donors (Lipinski definition) is 2. The molecule has 0 fully saturated rings. The second-order valence-corrected chi connectivity index (χ2v) is 8.44. The van der Waals surface area contributed by atoms with E-state index in [1.54, 1.807) is 19.2 Å². The summed E-state index contributed by atoms with van der Waals surface area (Å²) in [4.78, 5) is 21.2. The molecule has 1 amide bonds. The SMILES string of the molecule is COc1c(C(=O)Nc2cc(-c3nc4ccccc4[nH]3)ccc2Cl)cc2ccccc2c1Br. The van der Waals surface area contributed by atoms with Crippen molar-refractivity contribution >= 4 is 60.9 Å². The molecule has 0 aliphatic carbocycles. The van der Waals surface area contributed by atoms with Crippen LogP contribution in [0.25, 0.3) is 33.2 Å². The van der Waals surface area contributed by atoms with Crippen molar-refractivity contribution in [2.24, 2.45) is 0 Å². The smallest absolute Gasteiger partial charge is 0.259 e. The number of amides is 1. The Labute approximate surface area is 197 Å². The minimum absolute atomic E-state index is 0.322. The number of aromatic amines is 1. The Balaban J connectivity index is 1.53. The van der Waals surface area contributed by atoms with E-state index in [1.165, 1.54) is 0 Å². The van der Waals surface area contributed by atoms with Crippen molar-refractivity contribution in [2.45, 2.75) is 0 Å². The van der Waals surface area contributed by atoms with Gasteiger partial charge in [0.1, 0.15) is 11.6 Å². The van der Waals surface area contributed by atoms with Crippen molar-refractivity contribution in [3.63, 3.8) is 0 Å². The average Bonchev–Trinajstić information content (AvgIpc) is 3.25. The predicted octanol–water partition coefficient (Wildman–Crippen LogP) is 7.06. The first-order valence-corrected chi connectivity index (χ1v) is 11.0. The number of hydrogen-bond acceptors (Lipinski definition) is 3. The van der Waals surface area contributed by atoms with E-state index in [0.29, 0.717) is 27.8 Å².